The van der Waals surface area contributed by atoms with Gasteiger partial charge >= 0.3 is 0 Å². The average molecular weight is 387 g/mol. The predicted octanol–water partition coefficient (Wildman–Crippen LogP) is 3.57. The summed E-state index contributed by atoms with van der Waals surface area (Å²) in [4.78, 5) is 20.2. The number of benzene rings is 1. The third-order valence-electron chi connectivity index (χ3n) is 5.23. The highest BCUT2D eigenvalue weighted by Crippen LogP contribution is 2.32. The molecule has 146 valence electrons. The first kappa shape index (κ1) is 20.0. The molecule has 1 aromatic carbocycles. The Balaban J connectivity index is 1.91. The van der Waals surface area contributed by atoms with Gasteiger partial charge in [0.15, 0.2) is 0 Å². The van der Waals surface area contributed by atoms with Gasteiger partial charge in [-0.15, -0.1) is 0 Å². The Morgan fingerprint density at radius 3 is 2.78 bits per heavy atom. The molecule has 2 unspecified atom stereocenters. The minimum Gasteiger partial charge on any atom is -0.331 e. The molecule has 0 saturated heterocycles. The van der Waals surface area contributed by atoms with E-state index in [1.807, 2.05) is 31.5 Å². The van der Waals surface area contributed by atoms with Gasteiger partial charge in [0.25, 0.3) is 0 Å². The predicted molar refractivity (Wildman–Crippen MR) is 113 cm³/mol. The molecule has 2 atom stereocenters. The topological polar surface area (TPSA) is 50.2 Å². The van der Waals surface area contributed by atoms with E-state index >= 15 is 0 Å². The Hall–Kier alpha value is -1.79. The summed E-state index contributed by atoms with van der Waals surface area (Å²) in [6, 6.07) is 10.2. The van der Waals surface area contributed by atoms with E-state index in [1.165, 1.54) is 0 Å². The first-order valence-electron chi connectivity index (χ1n) is 9.78. The highest BCUT2D eigenvalue weighted by Gasteiger charge is 2.35. The van der Waals surface area contributed by atoms with E-state index in [2.05, 4.69) is 40.0 Å². The molecule has 1 aliphatic rings. The molecule has 0 bridgehead atoms. The van der Waals surface area contributed by atoms with E-state index in [1.54, 1.807) is 11.8 Å². The Labute approximate surface area is 166 Å². The second-order valence-electron chi connectivity index (χ2n) is 7.03. The molecule has 0 spiro atoms. The highest BCUT2D eigenvalue weighted by atomic mass is 32.2. The van der Waals surface area contributed by atoms with E-state index in [9.17, 15) is 4.79 Å². The lowest BCUT2D eigenvalue weighted by molar-refractivity contribution is -0.136. The number of unbranched alkanes of at least 4 members (excludes halogenated alkanes) is 1. The van der Waals surface area contributed by atoms with Crippen molar-refractivity contribution in [3.05, 3.63) is 42.4 Å². The number of imidazole rings is 1. The SMILES string of the molecule is CCCCC1c2nc(-c3ccccc3)cn2CCN1C(=O)C(CSC)NC. The van der Waals surface area contributed by atoms with E-state index < -0.39 is 0 Å². The second kappa shape index (κ2) is 9.42. The van der Waals surface area contributed by atoms with Gasteiger partial charge in [-0.05, 0) is 19.7 Å². The van der Waals surface area contributed by atoms with Gasteiger partial charge < -0.3 is 14.8 Å². The van der Waals surface area contributed by atoms with E-state index in [-0.39, 0.29) is 18.0 Å². The second-order valence-corrected chi connectivity index (χ2v) is 7.94. The zero-order chi connectivity index (χ0) is 19.2. The fourth-order valence-corrected chi connectivity index (χ4v) is 4.37. The van der Waals surface area contributed by atoms with Gasteiger partial charge in [-0.3, -0.25) is 4.79 Å². The van der Waals surface area contributed by atoms with Crippen molar-refractivity contribution in [3.63, 3.8) is 0 Å². The van der Waals surface area contributed by atoms with Gasteiger partial charge in [0.05, 0.1) is 17.8 Å². The maximum atomic E-state index is 13.2. The molecule has 5 nitrogen and oxygen atoms in total. The van der Waals surface area contributed by atoms with Gasteiger partial charge in [-0.1, -0.05) is 50.1 Å². The molecule has 2 aromatic rings. The highest BCUT2D eigenvalue weighted by molar-refractivity contribution is 7.98. The van der Waals surface area contributed by atoms with Crippen LogP contribution in [0.25, 0.3) is 11.3 Å². The Morgan fingerprint density at radius 2 is 2.11 bits per heavy atom. The number of hydrogen-bond donors (Lipinski definition) is 1. The van der Waals surface area contributed by atoms with Crippen molar-refractivity contribution >= 4 is 17.7 Å². The van der Waals surface area contributed by atoms with Crippen molar-refractivity contribution in [3.8, 4) is 11.3 Å². The number of likely N-dealkylation sites (N-methyl/N-ethyl adjacent to an activating group) is 1. The van der Waals surface area contributed by atoms with Gasteiger partial charge in [-0.25, -0.2) is 4.98 Å². The molecule has 1 N–H and O–H groups in total. The van der Waals surface area contributed by atoms with E-state index in [4.69, 9.17) is 4.98 Å². The molecular weight excluding hydrogens is 356 g/mol. The molecule has 1 amide bonds. The number of nitrogens with zero attached hydrogens (tertiary/aromatic N) is 3. The average Bonchev–Trinajstić information content (AvgIpc) is 3.15. The van der Waals surface area contributed by atoms with Crippen molar-refractivity contribution in [1.82, 2.24) is 19.8 Å². The van der Waals surface area contributed by atoms with Crippen LogP contribution in [0, 0.1) is 0 Å². The lowest BCUT2D eigenvalue weighted by Crippen LogP contribution is -2.51. The fourth-order valence-electron chi connectivity index (χ4n) is 3.73. The summed E-state index contributed by atoms with van der Waals surface area (Å²) in [5, 5.41) is 3.19. The largest absolute Gasteiger partial charge is 0.331 e. The van der Waals surface area contributed by atoms with Gasteiger partial charge in [0, 0.05) is 30.6 Å². The zero-order valence-electron chi connectivity index (χ0n) is 16.5. The molecule has 0 saturated carbocycles. The van der Waals surface area contributed by atoms with Gasteiger partial charge in [0.2, 0.25) is 5.91 Å². The summed E-state index contributed by atoms with van der Waals surface area (Å²) in [7, 11) is 1.87. The number of carbonyl (C=O) groups is 1. The van der Waals surface area contributed by atoms with Crippen LogP contribution in [-0.4, -0.2) is 52.0 Å². The Bertz CT molecular complexity index is 746. The summed E-state index contributed by atoms with van der Waals surface area (Å²) in [5.41, 5.74) is 2.12. The summed E-state index contributed by atoms with van der Waals surface area (Å²) in [5.74, 6) is 2.01. The maximum Gasteiger partial charge on any atom is 0.241 e. The molecule has 3 rings (SSSR count). The molecule has 0 fully saturated rings. The molecule has 1 aliphatic heterocycles. The lowest BCUT2D eigenvalue weighted by Gasteiger charge is -2.38. The number of fused-ring (bicyclic) bond motifs is 1. The molecule has 1 aromatic heterocycles. The number of nitrogens with one attached hydrogen (secondary N) is 1. The van der Waals surface area contributed by atoms with Crippen molar-refractivity contribution in [2.45, 2.75) is 44.8 Å². The van der Waals surface area contributed by atoms with Crippen LogP contribution in [0.15, 0.2) is 36.5 Å². The number of carbonyl (C=O) groups excluding carboxylic acids is 1. The normalized spacial score (nSPS) is 17.6. The summed E-state index contributed by atoms with van der Waals surface area (Å²) in [6.45, 7) is 3.75. The van der Waals surface area contributed by atoms with Crippen LogP contribution in [0.1, 0.15) is 38.1 Å². The first-order chi connectivity index (χ1) is 13.2. The molecule has 6 heteroatoms. The molecule has 0 radical (unpaired) electrons. The minimum atomic E-state index is -0.140. The van der Waals surface area contributed by atoms with Gasteiger partial charge in [-0.2, -0.15) is 11.8 Å². The standard InChI is InChI=1S/C21H30N4OS/c1-4-5-11-19-20-23-17(16-9-7-6-8-10-16)14-24(20)12-13-25(19)21(26)18(22-2)15-27-3/h6-10,14,18-19,22H,4-5,11-13,15H2,1-3H3. The number of aromatic nitrogens is 2. The van der Waals surface area contributed by atoms with Crippen LogP contribution < -0.4 is 5.32 Å². The van der Waals surface area contributed by atoms with E-state index in [0.29, 0.717) is 0 Å². The van der Waals surface area contributed by atoms with Crippen LogP contribution >= 0.6 is 11.8 Å². The van der Waals surface area contributed by atoms with Crippen molar-refractivity contribution in [2.75, 3.05) is 25.6 Å². The van der Waals surface area contributed by atoms with Crippen LogP contribution in [0.4, 0.5) is 0 Å². The van der Waals surface area contributed by atoms with Crippen LogP contribution in [0.2, 0.25) is 0 Å². The summed E-state index contributed by atoms with van der Waals surface area (Å²) < 4.78 is 2.25. The summed E-state index contributed by atoms with van der Waals surface area (Å²) in [6.07, 6.45) is 7.35. The Kier molecular flexibility index (Phi) is 6.96. The smallest absolute Gasteiger partial charge is 0.241 e. The lowest BCUT2D eigenvalue weighted by atomic mass is 10.0. The third-order valence-corrected chi connectivity index (χ3v) is 5.89. The Morgan fingerprint density at radius 1 is 1.33 bits per heavy atom. The van der Waals surface area contributed by atoms with Crippen LogP contribution in [0.5, 0.6) is 0 Å². The first-order valence-corrected chi connectivity index (χ1v) is 11.2. The number of amides is 1. The molecular formula is C21H30N4OS. The number of hydrogen-bond acceptors (Lipinski definition) is 4. The molecule has 27 heavy (non-hydrogen) atoms. The zero-order valence-corrected chi connectivity index (χ0v) is 17.3. The minimum absolute atomic E-state index is 0.0568. The van der Waals surface area contributed by atoms with E-state index in [0.717, 1.165) is 55.2 Å². The van der Waals surface area contributed by atoms with Crippen LogP contribution in [-0.2, 0) is 11.3 Å². The third kappa shape index (κ3) is 4.38. The number of thioether (sulfide) groups is 1. The molecule has 0 aliphatic carbocycles. The molecule has 2 heterocycles. The van der Waals surface area contributed by atoms with Crippen molar-refractivity contribution in [2.24, 2.45) is 0 Å². The van der Waals surface area contributed by atoms with Crippen LogP contribution in [0.3, 0.4) is 0 Å². The van der Waals surface area contributed by atoms with Crippen molar-refractivity contribution in [1.29, 1.82) is 0 Å². The summed E-state index contributed by atoms with van der Waals surface area (Å²) >= 11 is 1.70. The quantitative estimate of drug-likeness (QED) is 0.753. The monoisotopic (exact) mass is 386 g/mol. The fraction of sp³-hybridized carbons (Fsp3) is 0.524. The number of rotatable bonds is 8. The van der Waals surface area contributed by atoms with Crippen molar-refractivity contribution < 1.29 is 4.79 Å². The van der Waals surface area contributed by atoms with Gasteiger partial charge in [0.1, 0.15) is 5.82 Å². The maximum absolute atomic E-state index is 13.2.